The standard InChI is InChI=1S/C10H15NO3/c1-14-10(13)9(11)6-7-2-4-8(12)5-3-7/h2-5,9-10,12-13H,6,11H2,1H3. The molecule has 0 aromatic heterocycles. The average molecular weight is 197 g/mol. The van der Waals surface area contributed by atoms with Crippen LogP contribution in [0.15, 0.2) is 24.3 Å². The summed E-state index contributed by atoms with van der Waals surface area (Å²) in [6, 6.07) is 6.24. The van der Waals surface area contributed by atoms with Crippen LogP contribution in [0, 0.1) is 0 Å². The van der Waals surface area contributed by atoms with Crippen LogP contribution < -0.4 is 5.73 Å². The number of hydrogen-bond donors (Lipinski definition) is 3. The van der Waals surface area contributed by atoms with Gasteiger partial charge in [0.2, 0.25) is 0 Å². The fourth-order valence-electron chi connectivity index (χ4n) is 1.18. The van der Waals surface area contributed by atoms with Crippen molar-refractivity contribution in [1.82, 2.24) is 0 Å². The Balaban J connectivity index is 2.56. The number of aliphatic hydroxyl groups is 1. The van der Waals surface area contributed by atoms with E-state index in [-0.39, 0.29) is 5.75 Å². The van der Waals surface area contributed by atoms with Gasteiger partial charge in [-0.3, -0.25) is 0 Å². The third kappa shape index (κ3) is 2.99. The minimum atomic E-state index is -0.955. The van der Waals surface area contributed by atoms with E-state index in [0.717, 1.165) is 5.56 Å². The van der Waals surface area contributed by atoms with Crippen molar-refractivity contribution in [2.75, 3.05) is 7.11 Å². The molecular weight excluding hydrogens is 182 g/mol. The van der Waals surface area contributed by atoms with Gasteiger partial charge in [0.15, 0.2) is 6.29 Å². The summed E-state index contributed by atoms with van der Waals surface area (Å²) in [7, 11) is 1.40. The smallest absolute Gasteiger partial charge is 0.169 e. The molecule has 0 heterocycles. The van der Waals surface area contributed by atoms with Crippen LogP contribution in [0.1, 0.15) is 5.56 Å². The summed E-state index contributed by atoms with van der Waals surface area (Å²) in [5, 5.41) is 18.3. The number of phenols is 1. The number of rotatable bonds is 4. The summed E-state index contributed by atoms with van der Waals surface area (Å²) in [4.78, 5) is 0. The fraction of sp³-hybridized carbons (Fsp3) is 0.400. The quantitative estimate of drug-likeness (QED) is 0.604. The summed E-state index contributed by atoms with van der Waals surface area (Å²) in [5.41, 5.74) is 6.61. The van der Waals surface area contributed by atoms with Crippen molar-refractivity contribution in [3.8, 4) is 5.75 Å². The van der Waals surface area contributed by atoms with Crippen LogP contribution in [-0.2, 0) is 11.2 Å². The second kappa shape index (κ2) is 4.95. The lowest BCUT2D eigenvalue weighted by molar-refractivity contribution is -0.0890. The lowest BCUT2D eigenvalue weighted by Gasteiger charge is -2.16. The first kappa shape index (κ1) is 11.0. The summed E-state index contributed by atoms with van der Waals surface area (Å²) in [6.45, 7) is 0. The molecule has 0 aliphatic heterocycles. The molecule has 4 heteroatoms. The maximum atomic E-state index is 9.25. The Labute approximate surface area is 82.9 Å². The van der Waals surface area contributed by atoms with Gasteiger partial charge in [0, 0.05) is 7.11 Å². The van der Waals surface area contributed by atoms with Crippen LogP contribution >= 0.6 is 0 Å². The number of methoxy groups -OCH3 is 1. The number of aromatic hydroxyl groups is 1. The Bertz CT molecular complexity index is 273. The van der Waals surface area contributed by atoms with Crippen LogP contribution in [0.5, 0.6) is 5.75 Å². The molecule has 2 atom stereocenters. The molecule has 4 N–H and O–H groups in total. The average Bonchev–Trinajstić information content (AvgIpc) is 2.20. The molecule has 0 bridgehead atoms. The third-order valence-corrected chi connectivity index (χ3v) is 2.02. The highest BCUT2D eigenvalue weighted by Gasteiger charge is 2.13. The SMILES string of the molecule is COC(O)C(N)Cc1ccc(O)cc1. The van der Waals surface area contributed by atoms with Gasteiger partial charge in [0.1, 0.15) is 5.75 Å². The molecule has 78 valence electrons. The lowest BCUT2D eigenvalue weighted by Crippen LogP contribution is -2.37. The van der Waals surface area contributed by atoms with Crippen molar-refractivity contribution in [3.63, 3.8) is 0 Å². The molecule has 0 spiro atoms. The van der Waals surface area contributed by atoms with Crippen LogP contribution in [0.4, 0.5) is 0 Å². The Hall–Kier alpha value is -1.10. The molecule has 0 saturated carbocycles. The van der Waals surface area contributed by atoms with E-state index in [2.05, 4.69) is 4.74 Å². The van der Waals surface area contributed by atoms with Gasteiger partial charge in [0.05, 0.1) is 6.04 Å². The molecule has 1 rings (SSSR count). The number of aliphatic hydroxyl groups excluding tert-OH is 1. The molecule has 14 heavy (non-hydrogen) atoms. The van der Waals surface area contributed by atoms with Gasteiger partial charge in [0.25, 0.3) is 0 Å². The Kier molecular flexibility index (Phi) is 3.88. The van der Waals surface area contributed by atoms with E-state index in [1.807, 2.05) is 0 Å². The largest absolute Gasteiger partial charge is 0.508 e. The van der Waals surface area contributed by atoms with Crippen molar-refractivity contribution in [2.45, 2.75) is 18.8 Å². The Morgan fingerprint density at radius 2 is 1.93 bits per heavy atom. The Morgan fingerprint density at radius 3 is 2.43 bits per heavy atom. The molecule has 2 unspecified atom stereocenters. The number of phenolic OH excluding ortho intramolecular Hbond substituents is 1. The predicted molar refractivity (Wildman–Crippen MR) is 52.8 cm³/mol. The molecule has 0 aliphatic carbocycles. The zero-order chi connectivity index (χ0) is 10.6. The molecule has 4 nitrogen and oxygen atoms in total. The van der Waals surface area contributed by atoms with Crippen LogP contribution in [0.25, 0.3) is 0 Å². The highest BCUT2D eigenvalue weighted by Crippen LogP contribution is 2.11. The second-order valence-corrected chi connectivity index (χ2v) is 3.16. The summed E-state index contributed by atoms with van der Waals surface area (Å²) >= 11 is 0. The summed E-state index contributed by atoms with van der Waals surface area (Å²) in [6.07, 6.45) is -0.446. The molecular formula is C10H15NO3. The van der Waals surface area contributed by atoms with E-state index in [1.165, 1.54) is 7.11 Å². The fourth-order valence-corrected chi connectivity index (χ4v) is 1.18. The molecule has 0 amide bonds. The number of ether oxygens (including phenoxy) is 1. The molecule has 0 aliphatic rings. The number of hydrogen-bond acceptors (Lipinski definition) is 4. The summed E-state index contributed by atoms with van der Waals surface area (Å²) in [5.74, 6) is 0.217. The number of nitrogens with two attached hydrogens (primary N) is 1. The zero-order valence-corrected chi connectivity index (χ0v) is 8.05. The van der Waals surface area contributed by atoms with E-state index >= 15 is 0 Å². The van der Waals surface area contributed by atoms with Gasteiger partial charge in [-0.25, -0.2) is 0 Å². The van der Waals surface area contributed by atoms with E-state index in [1.54, 1.807) is 24.3 Å². The van der Waals surface area contributed by atoms with Gasteiger partial charge in [-0.05, 0) is 24.1 Å². The zero-order valence-electron chi connectivity index (χ0n) is 8.05. The monoisotopic (exact) mass is 197 g/mol. The third-order valence-electron chi connectivity index (χ3n) is 2.02. The molecule has 1 aromatic rings. The topological polar surface area (TPSA) is 75.7 Å². The first-order chi connectivity index (χ1) is 6.63. The van der Waals surface area contributed by atoms with Gasteiger partial charge in [-0.1, -0.05) is 12.1 Å². The minimum absolute atomic E-state index is 0.217. The normalized spacial score (nSPS) is 15.1. The maximum absolute atomic E-state index is 9.25. The van der Waals surface area contributed by atoms with Crippen LogP contribution in [0.2, 0.25) is 0 Å². The lowest BCUT2D eigenvalue weighted by atomic mass is 10.1. The molecule has 1 aromatic carbocycles. The molecule has 0 fully saturated rings. The van der Waals surface area contributed by atoms with Crippen molar-refractivity contribution >= 4 is 0 Å². The first-order valence-electron chi connectivity index (χ1n) is 4.38. The van der Waals surface area contributed by atoms with Gasteiger partial charge < -0.3 is 20.7 Å². The minimum Gasteiger partial charge on any atom is -0.508 e. The van der Waals surface area contributed by atoms with Crippen LogP contribution in [-0.4, -0.2) is 29.7 Å². The van der Waals surface area contributed by atoms with Crippen molar-refractivity contribution in [2.24, 2.45) is 5.73 Å². The van der Waals surface area contributed by atoms with E-state index < -0.39 is 12.3 Å². The summed E-state index contributed by atoms with van der Waals surface area (Å²) < 4.78 is 4.69. The predicted octanol–water partition coefficient (Wildman–Crippen LogP) is 0.227. The van der Waals surface area contributed by atoms with Crippen LogP contribution in [0.3, 0.4) is 0 Å². The van der Waals surface area contributed by atoms with E-state index in [4.69, 9.17) is 10.8 Å². The highest BCUT2D eigenvalue weighted by molar-refractivity contribution is 5.26. The van der Waals surface area contributed by atoms with Crippen molar-refractivity contribution in [3.05, 3.63) is 29.8 Å². The van der Waals surface area contributed by atoms with E-state index in [9.17, 15) is 5.11 Å². The Morgan fingerprint density at radius 1 is 1.36 bits per heavy atom. The van der Waals surface area contributed by atoms with Gasteiger partial charge in [-0.2, -0.15) is 0 Å². The molecule has 0 radical (unpaired) electrons. The van der Waals surface area contributed by atoms with E-state index in [0.29, 0.717) is 6.42 Å². The van der Waals surface area contributed by atoms with Crippen molar-refractivity contribution in [1.29, 1.82) is 0 Å². The van der Waals surface area contributed by atoms with Gasteiger partial charge >= 0.3 is 0 Å². The number of benzene rings is 1. The maximum Gasteiger partial charge on any atom is 0.169 e. The van der Waals surface area contributed by atoms with Gasteiger partial charge in [-0.15, -0.1) is 0 Å². The molecule has 0 saturated heterocycles. The first-order valence-corrected chi connectivity index (χ1v) is 4.38. The second-order valence-electron chi connectivity index (χ2n) is 3.16. The highest BCUT2D eigenvalue weighted by atomic mass is 16.6. The van der Waals surface area contributed by atoms with Crippen molar-refractivity contribution < 1.29 is 14.9 Å².